The molecule has 0 amide bonds. The molecule has 0 aromatic carbocycles. The summed E-state index contributed by atoms with van der Waals surface area (Å²) in [6, 6.07) is 0.0830. The van der Waals surface area contributed by atoms with Crippen LogP contribution in [-0.4, -0.2) is 29.1 Å². The quantitative estimate of drug-likeness (QED) is 0.637. The van der Waals surface area contributed by atoms with Gasteiger partial charge in [-0.25, -0.2) is 5.43 Å². The lowest BCUT2D eigenvalue weighted by atomic mass is 9.86. The molecule has 2 rings (SSSR count). The van der Waals surface area contributed by atoms with Gasteiger partial charge in [0.05, 0.1) is 24.9 Å². The molecule has 0 bridgehead atoms. The van der Waals surface area contributed by atoms with Crippen molar-refractivity contribution < 1.29 is 9.47 Å². The first-order valence-electron chi connectivity index (χ1n) is 7.25. The normalized spacial score (nSPS) is 24.9. The summed E-state index contributed by atoms with van der Waals surface area (Å²) in [5.41, 5.74) is 3.53. The van der Waals surface area contributed by atoms with Gasteiger partial charge in [0.2, 0.25) is 0 Å². The number of hydrazine groups is 1. The number of nitrogens with zero attached hydrogens (tertiary/aromatic N) is 2. The predicted octanol–water partition coefficient (Wildman–Crippen LogP) is 1.94. The highest BCUT2D eigenvalue weighted by atomic mass is 16.5. The maximum atomic E-state index is 6.04. The number of rotatable bonds is 5. The van der Waals surface area contributed by atoms with Crippen LogP contribution in [0.2, 0.25) is 0 Å². The van der Waals surface area contributed by atoms with E-state index in [1.807, 2.05) is 4.68 Å². The van der Waals surface area contributed by atoms with Gasteiger partial charge in [-0.3, -0.25) is 10.5 Å². The van der Waals surface area contributed by atoms with Crippen molar-refractivity contribution in [3.05, 3.63) is 11.9 Å². The van der Waals surface area contributed by atoms with Gasteiger partial charge in [-0.15, -0.1) is 0 Å². The summed E-state index contributed by atoms with van der Waals surface area (Å²) >= 11 is 0. The highest BCUT2D eigenvalue weighted by Crippen LogP contribution is 2.40. The van der Waals surface area contributed by atoms with E-state index < -0.39 is 0 Å². The highest BCUT2D eigenvalue weighted by Gasteiger charge is 2.41. The molecular formula is C14H26N4O2. The van der Waals surface area contributed by atoms with Crippen LogP contribution in [0.25, 0.3) is 0 Å². The highest BCUT2D eigenvalue weighted by molar-refractivity contribution is 5.31. The third-order valence-electron chi connectivity index (χ3n) is 4.06. The van der Waals surface area contributed by atoms with Crippen LogP contribution in [-0.2, 0) is 4.74 Å². The fourth-order valence-corrected chi connectivity index (χ4v) is 2.93. The Morgan fingerprint density at radius 3 is 2.75 bits per heavy atom. The summed E-state index contributed by atoms with van der Waals surface area (Å²) in [7, 11) is 1.66. The van der Waals surface area contributed by atoms with Gasteiger partial charge < -0.3 is 9.47 Å². The van der Waals surface area contributed by atoms with Gasteiger partial charge >= 0.3 is 0 Å². The van der Waals surface area contributed by atoms with Gasteiger partial charge in [0.1, 0.15) is 5.69 Å². The minimum atomic E-state index is -0.340. The number of aromatic nitrogens is 2. The molecule has 1 aromatic rings. The predicted molar refractivity (Wildman–Crippen MR) is 77.4 cm³/mol. The molecule has 1 fully saturated rings. The number of hydrogen-bond donors (Lipinski definition) is 2. The average molecular weight is 282 g/mol. The van der Waals surface area contributed by atoms with Crippen molar-refractivity contribution >= 4 is 0 Å². The molecule has 2 heterocycles. The Morgan fingerprint density at radius 2 is 2.25 bits per heavy atom. The molecule has 2 atom stereocenters. The fraction of sp³-hybridized carbons (Fsp3) is 0.786. The van der Waals surface area contributed by atoms with Crippen LogP contribution in [0.1, 0.15) is 57.8 Å². The SMILES string of the molecule is COc1cnn(C(C)C)c1C(NN)C1(C)CCCCO1. The van der Waals surface area contributed by atoms with E-state index in [9.17, 15) is 0 Å². The molecule has 2 unspecified atom stereocenters. The van der Waals surface area contributed by atoms with E-state index in [0.29, 0.717) is 0 Å². The maximum Gasteiger partial charge on any atom is 0.161 e. The lowest BCUT2D eigenvalue weighted by molar-refractivity contribution is -0.0919. The smallest absolute Gasteiger partial charge is 0.161 e. The maximum absolute atomic E-state index is 6.04. The zero-order valence-electron chi connectivity index (χ0n) is 12.8. The standard InChI is InChI=1S/C14H26N4O2/c1-10(2)18-12(11(19-4)9-16-18)13(17-15)14(3)7-5-6-8-20-14/h9-10,13,17H,5-8,15H2,1-4H3. The molecule has 1 aliphatic rings. The summed E-state index contributed by atoms with van der Waals surface area (Å²) in [5, 5.41) is 4.42. The molecule has 1 aromatic heterocycles. The topological polar surface area (TPSA) is 74.3 Å². The first-order chi connectivity index (χ1) is 9.53. The van der Waals surface area contributed by atoms with Crippen LogP contribution in [0.4, 0.5) is 0 Å². The van der Waals surface area contributed by atoms with E-state index in [1.54, 1.807) is 13.3 Å². The lowest BCUT2D eigenvalue weighted by Gasteiger charge is -2.40. The first kappa shape index (κ1) is 15.3. The van der Waals surface area contributed by atoms with Crippen molar-refractivity contribution in [1.82, 2.24) is 15.2 Å². The Labute approximate surface area is 120 Å². The van der Waals surface area contributed by atoms with Crippen molar-refractivity contribution in [2.24, 2.45) is 5.84 Å². The summed E-state index contributed by atoms with van der Waals surface area (Å²) in [6.45, 7) is 7.06. The third-order valence-corrected chi connectivity index (χ3v) is 4.06. The Bertz CT molecular complexity index is 438. The number of methoxy groups -OCH3 is 1. The number of nitrogens with two attached hydrogens (primary N) is 1. The van der Waals surface area contributed by atoms with Crippen LogP contribution < -0.4 is 16.0 Å². The summed E-state index contributed by atoms with van der Waals surface area (Å²) in [5.74, 6) is 6.59. The minimum absolute atomic E-state index is 0.150. The molecule has 6 nitrogen and oxygen atoms in total. The van der Waals surface area contributed by atoms with Crippen molar-refractivity contribution in [2.45, 2.75) is 57.7 Å². The van der Waals surface area contributed by atoms with E-state index in [0.717, 1.165) is 37.3 Å². The molecule has 0 spiro atoms. The lowest BCUT2D eigenvalue weighted by Crippen LogP contribution is -2.49. The van der Waals surface area contributed by atoms with Gasteiger partial charge in [-0.2, -0.15) is 5.10 Å². The molecular weight excluding hydrogens is 256 g/mol. The summed E-state index contributed by atoms with van der Waals surface area (Å²) in [4.78, 5) is 0. The molecule has 0 saturated carbocycles. The Morgan fingerprint density at radius 1 is 1.50 bits per heavy atom. The molecule has 1 saturated heterocycles. The van der Waals surface area contributed by atoms with Crippen molar-refractivity contribution in [3.8, 4) is 5.75 Å². The van der Waals surface area contributed by atoms with Crippen LogP contribution in [0.3, 0.4) is 0 Å². The molecule has 6 heteroatoms. The second-order valence-corrected chi connectivity index (χ2v) is 5.85. The zero-order valence-corrected chi connectivity index (χ0v) is 12.8. The Kier molecular flexibility index (Phi) is 4.67. The van der Waals surface area contributed by atoms with Crippen LogP contribution >= 0.6 is 0 Å². The van der Waals surface area contributed by atoms with E-state index in [1.165, 1.54) is 0 Å². The van der Waals surface area contributed by atoms with E-state index >= 15 is 0 Å². The molecule has 0 aliphatic carbocycles. The van der Waals surface area contributed by atoms with Gasteiger partial charge in [0.15, 0.2) is 5.75 Å². The molecule has 3 N–H and O–H groups in total. The second-order valence-electron chi connectivity index (χ2n) is 5.85. The fourth-order valence-electron chi connectivity index (χ4n) is 2.93. The van der Waals surface area contributed by atoms with E-state index in [2.05, 4.69) is 31.3 Å². The summed E-state index contributed by atoms with van der Waals surface area (Å²) in [6.07, 6.45) is 4.96. The monoisotopic (exact) mass is 282 g/mol. The minimum Gasteiger partial charge on any atom is -0.493 e. The van der Waals surface area contributed by atoms with Gasteiger partial charge in [-0.1, -0.05) is 0 Å². The summed E-state index contributed by atoms with van der Waals surface area (Å²) < 4.78 is 13.4. The van der Waals surface area contributed by atoms with Gasteiger partial charge in [-0.05, 0) is 40.0 Å². The van der Waals surface area contributed by atoms with Crippen molar-refractivity contribution in [2.75, 3.05) is 13.7 Å². The molecule has 1 aliphatic heterocycles. The van der Waals surface area contributed by atoms with Crippen molar-refractivity contribution in [3.63, 3.8) is 0 Å². The average Bonchev–Trinajstić information content (AvgIpc) is 2.84. The largest absolute Gasteiger partial charge is 0.493 e. The first-order valence-corrected chi connectivity index (χ1v) is 7.25. The number of ether oxygens (including phenoxy) is 2. The van der Waals surface area contributed by atoms with E-state index in [4.69, 9.17) is 15.3 Å². The van der Waals surface area contributed by atoms with E-state index in [-0.39, 0.29) is 17.7 Å². The number of nitrogens with one attached hydrogen (secondary N) is 1. The molecule has 0 radical (unpaired) electrons. The Hall–Kier alpha value is -1.11. The second kappa shape index (κ2) is 6.11. The van der Waals surface area contributed by atoms with Crippen LogP contribution in [0, 0.1) is 0 Å². The Balaban J connectivity index is 2.42. The van der Waals surface area contributed by atoms with Crippen molar-refractivity contribution in [1.29, 1.82) is 0 Å². The zero-order chi connectivity index (χ0) is 14.8. The van der Waals surface area contributed by atoms with Crippen LogP contribution in [0.15, 0.2) is 6.20 Å². The van der Waals surface area contributed by atoms with Gasteiger partial charge in [0, 0.05) is 12.6 Å². The number of hydrogen-bond acceptors (Lipinski definition) is 5. The van der Waals surface area contributed by atoms with Gasteiger partial charge in [0.25, 0.3) is 0 Å². The molecule has 20 heavy (non-hydrogen) atoms. The molecule has 114 valence electrons. The third kappa shape index (κ3) is 2.68. The van der Waals surface area contributed by atoms with Crippen LogP contribution in [0.5, 0.6) is 5.75 Å².